The van der Waals surface area contributed by atoms with Crippen molar-refractivity contribution in [1.82, 2.24) is 0 Å². The van der Waals surface area contributed by atoms with Gasteiger partial charge < -0.3 is 5.11 Å². The van der Waals surface area contributed by atoms with Crippen LogP contribution in [0.25, 0.3) is 0 Å². The Hall–Kier alpha value is -1.45. The lowest BCUT2D eigenvalue weighted by Gasteiger charge is -2.12. The second-order valence-corrected chi connectivity index (χ2v) is 4.01. The Labute approximate surface area is 102 Å². The van der Waals surface area contributed by atoms with Gasteiger partial charge in [-0.15, -0.1) is 0 Å². The van der Waals surface area contributed by atoms with Gasteiger partial charge in [0.1, 0.15) is 17.7 Å². The predicted octanol–water partition coefficient (Wildman–Crippen LogP) is 3.70. The quantitative estimate of drug-likeness (QED) is 0.810. The minimum atomic E-state index is -1.21. The summed E-state index contributed by atoms with van der Waals surface area (Å²) in [6.07, 6.45) is -1.21. The summed E-state index contributed by atoms with van der Waals surface area (Å²) in [5.41, 5.74) is 0.367. The van der Waals surface area contributed by atoms with Gasteiger partial charge in [0, 0.05) is 5.56 Å². The van der Waals surface area contributed by atoms with Gasteiger partial charge in [0.15, 0.2) is 0 Å². The van der Waals surface area contributed by atoms with Crippen LogP contribution in [0.4, 0.5) is 8.78 Å². The Kier molecular flexibility index (Phi) is 3.41. The molecular formula is C13H9ClF2O. The van der Waals surface area contributed by atoms with Crippen molar-refractivity contribution in [2.24, 2.45) is 0 Å². The predicted molar refractivity (Wildman–Crippen MR) is 61.9 cm³/mol. The van der Waals surface area contributed by atoms with Crippen LogP contribution in [0.3, 0.4) is 0 Å². The van der Waals surface area contributed by atoms with Crippen molar-refractivity contribution in [1.29, 1.82) is 0 Å². The largest absolute Gasteiger partial charge is 0.384 e. The first-order valence-corrected chi connectivity index (χ1v) is 5.35. The maximum atomic E-state index is 13.6. The van der Waals surface area contributed by atoms with Gasteiger partial charge in [0.2, 0.25) is 0 Å². The van der Waals surface area contributed by atoms with Crippen LogP contribution >= 0.6 is 11.6 Å². The summed E-state index contributed by atoms with van der Waals surface area (Å²) in [6, 6.07) is 10.2. The van der Waals surface area contributed by atoms with Crippen molar-refractivity contribution in [3.05, 3.63) is 70.2 Å². The molecule has 1 N–H and O–H groups in total. The Morgan fingerprint density at radius 1 is 1.00 bits per heavy atom. The van der Waals surface area contributed by atoms with Gasteiger partial charge in [-0.2, -0.15) is 0 Å². The maximum absolute atomic E-state index is 13.6. The van der Waals surface area contributed by atoms with Gasteiger partial charge in [-0.1, -0.05) is 41.9 Å². The van der Waals surface area contributed by atoms with E-state index in [-0.39, 0.29) is 10.6 Å². The molecule has 0 radical (unpaired) electrons. The number of aliphatic hydroxyl groups is 1. The lowest BCUT2D eigenvalue weighted by atomic mass is 10.0. The van der Waals surface area contributed by atoms with Crippen LogP contribution in [0, 0.1) is 11.6 Å². The molecule has 1 unspecified atom stereocenters. The SMILES string of the molecule is OC(c1ccccc1)c1cc(F)c(Cl)cc1F. The fourth-order valence-corrected chi connectivity index (χ4v) is 1.71. The number of benzene rings is 2. The Balaban J connectivity index is 2.44. The molecule has 0 aliphatic heterocycles. The van der Waals surface area contributed by atoms with Crippen LogP contribution in [-0.2, 0) is 0 Å². The van der Waals surface area contributed by atoms with E-state index in [1.165, 1.54) is 0 Å². The zero-order valence-electron chi connectivity index (χ0n) is 8.70. The highest BCUT2D eigenvalue weighted by atomic mass is 35.5. The zero-order valence-corrected chi connectivity index (χ0v) is 9.46. The number of rotatable bonds is 2. The lowest BCUT2D eigenvalue weighted by Crippen LogP contribution is -2.03. The Bertz CT molecular complexity index is 528. The number of aliphatic hydroxyl groups excluding tert-OH is 1. The van der Waals surface area contributed by atoms with Crippen LogP contribution < -0.4 is 0 Å². The lowest BCUT2D eigenvalue weighted by molar-refractivity contribution is 0.214. The highest BCUT2D eigenvalue weighted by molar-refractivity contribution is 6.30. The van der Waals surface area contributed by atoms with Gasteiger partial charge >= 0.3 is 0 Å². The van der Waals surface area contributed by atoms with E-state index >= 15 is 0 Å². The fourth-order valence-electron chi connectivity index (χ4n) is 1.56. The zero-order chi connectivity index (χ0) is 12.4. The van der Waals surface area contributed by atoms with E-state index in [0.29, 0.717) is 5.56 Å². The van der Waals surface area contributed by atoms with Gasteiger partial charge in [-0.3, -0.25) is 0 Å². The molecule has 0 saturated carbocycles. The Morgan fingerprint density at radius 3 is 2.29 bits per heavy atom. The summed E-state index contributed by atoms with van der Waals surface area (Å²) >= 11 is 5.44. The molecule has 0 amide bonds. The van der Waals surface area contributed by atoms with E-state index in [1.54, 1.807) is 30.3 Å². The first-order valence-electron chi connectivity index (χ1n) is 4.97. The molecule has 88 valence electrons. The van der Waals surface area contributed by atoms with E-state index in [1.807, 2.05) is 0 Å². The first kappa shape index (κ1) is 12.0. The molecule has 0 spiro atoms. The summed E-state index contributed by atoms with van der Waals surface area (Å²) in [7, 11) is 0. The van der Waals surface area contributed by atoms with E-state index in [0.717, 1.165) is 12.1 Å². The summed E-state index contributed by atoms with van der Waals surface area (Å²) in [5.74, 6) is -1.48. The number of hydrogen-bond acceptors (Lipinski definition) is 1. The summed E-state index contributed by atoms with van der Waals surface area (Å²) < 4.78 is 26.8. The van der Waals surface area contributed by atoms with Crippen LogP contribution in [0.15, 0.2) is 42.5 Å². The first-order chi connectivity index (χ1) is 8.09. The summed E-state index contributed by atoms with van der Waals surface area (Å²) in [4.78, 5) is 0. The Morgan fingerprint density at radius 2 is 1.65 bits per heavy atom. The molecule has 0 saturated heterocycles. The highest BCUT2D eigenvalue weighted by Gasteiger charge is 2.17. The highest BCUT2D eigenvalue weighted by Crippen LogP contribution is 2.27. The minimum absolute atomic E-state index is 0.127. The van der Waals surface area contributed by atoms with E-state index in [2.05, 4.69) is 0 Å². The van der Waals surface area contributed by atoms with Gasteiger partial charge in [-0.25, -0.2) is 8.78 Å². The number of hydrogen-bond donors (Lipinski definition) is 1. The number of halogens is 3. The molecule has 1 atom stereocenters. The average Bonchev–Trinajstić information content (AvgIpc) is 2.34. The average molecular weight is 255 g/mol. The van der Waals surface area contributed by atoms with Crippen molar-refractivity contribution in [3.63, 3.8) is 0 Å². The van der Waals surface area contributed by atoms with Gasteiger partial charge in [0.25, 0.3) is 0 Å². The normalized spacial score (nSPS) is 12.5. The molecule has 4 heteroatoms. The van der Waals surface area contributed by atoms with Crippen molar-refractivity contribution in [2.75, 3.05) is 0 Å². The second-order valence-electron chi connectivity index (χ2n) is 3.60. The fraction of sp³-hybridized carbons (Fsp3) is 0.0769. The summed E-state index contributed by atoms with van der Waals surface area (Å²) in [6.45, 7) is 0. The molecule has 2 aromatic carbocycles. The molecule has 0 aliphatic carbocycles. The molecule has 2 rings (SSSR count). The molecule has 1 nitrogen and oxygen atoms in total. The molecule has 2 aromatic rings. The third kappa shape index (κ3) is 2.46. The van der Waals surface area contributed by atoms with Crippen LogP contribution in [0.1, 0.15) is 17.2 Å². The van der Waals surface area contributed by atoms with Crippen molar-refractivity contribution in [3.8, 4) is 0 Å². The molecular weight excluding hydrogens is 246 g/mol. The molecule has 0 aliphatic rings. The van der Waals surface area contributed by atoms with Crippen LogP contribution in [0.2, 0.25) is 5.02 Å². The molecule has 17 heavy (non-hydrogen) atoms. The van der Waals surface area contributed by atoms with E-state index in [9.17, 15) is 13.9 Å². The van der Waals surface area contributed by atoms with Crippen LogP contribution in [-0.4, -0.2) is 5.11 Å². The van der Waals surface area contributed by atoms with Crippen LogP contribution in [0.5, 0.6) is 0 Å². The van der Waals surface area contributed by atoms with Gasteiger partial charge in [0.05, 0.1) is 5.02 Å². The van der Waals surface area contributed by atoms with E-state index in [4.69, 9.17) is 11.6 Å². The molecule has 0 aromatic heterocycles. The molecule has 0 heterocycles. The monoisotopic (exact) mass is 254 g/mol. The smallest absolute Gasteiger partial charge is 0.142 e. The third-order valence-electron chi connectivity index (χ3n) is 2.45. The third-order valence-corrected chi connectivity index (χ3v) is 2.74. The minimum Gasteiger partial charge on any atom is -0.384 e. The topological polar surface area (TPSA) is 20.2 Å². The molecule has 0 fully saturated rings. The standard InChI is InChI=1S/C13H9ClF2O/c14-10-7-11(15)9(6-12(10)16)13(17)8-4-2-1-3-5-8/h1-7,13,17H. The molecule has 0 bridgehead atoms. The maximum Gasteiger partial charge on any atom is 0.142 e. The van der Waals surface area contributed by atoms with Crippen molar-refractivity contribution >= 4 is 11.6 Å². The summed E-state index contributed by atoms with van der Waals surface area (Å²) in [5, 5.41) is 9.64. The van der Waals surface area contributed by atoms with Crippen molar-refractivity contribution < 1.29 is 13.9 Å². The van der Waals surface area contributed by atoms with Gasteiger partial charge in [-0.05, 0) is 17.7 Å². The van der Waals surface area contributed by atoms with E-state index < -0.39 is 17.7 Å². The second kappa shape index (κ2) is 4.82. The van der Waals surface area contributed by atoms with Crippen molar-refractivity contribution in [2.45, 2.75) is 6.10 Å².